The summed E-state index contributed by atoms with van der Waals surface area (Å²) >= 11 is 0. The minimum absolute atomic E-state index is 0.218. The van der Waals surface area contributed by atoms with Gasteiger partial charge in [0.25, 0.3) is 0 Å². The zero-order chi connectivity index (χ0) is 31.9. The van der Waals surface area contributed by atoms with Crippen LogP contribution in [0.15, 0.2) is 0 Å². The average Bonchev–Trinajstić information content (AvgIpc) is 2.96. The van der Waals surface area contributed by atoms with E-state index in [-0.39, 0.29) is 19.4 Å². The topological polar surface area (TPSA) is 119 Å². The molecule has 0 rings (SSSR count). The van der Waals surface area contributed by atoms with E-state index < -0.39 is 32.5 Å². The summed E-state index contributed by atoms with van der Waals surface area (Å²) in [6.07, 6.45) is 30.7. The number of phosphoric acid groups is 1. The highest BCUT2D eigenvalue weighted by Gasteiger charge is 2.22. The molecule has 256 valence electrons. The lowest BCUT2D eigenvalue weighted by Crippen LogP contribution is -2.29. The molecule has 1 unspecified atom stereocenters. The number of hydrogen-bond acceptors (Lipinski definition) is 6. The van der Waals surface area contributed by atoms with Crippen molar-refractivity contribution in [3.63, 3.8) is 0 Å². The third-order valence-corrected chi connectivity index (χ3v) is 8.36. The van der Waals surface area contributed by atoms with Crippen molar-refractivity contribution < 1.29 is 37.9 Å². The van der Waals surface area contributed by atoms with E-state index >= 15 is 0 Å². The molecule has 0 aliphatic rings. The minimum Gasteiger partial charge on any atom is -0.462 e. The van der Waals surface area contributed by atoms with Gasteiger partial charge in [0, 0.05) is 12.8 Å². The fourth-order valence-corrected chi connectivity index (χ4v) is 5.56. The van der Waals surface area contributed by atoms with Crippen LogP contribution in [0.1, 0.15) is 187 Å². The minimum atomic E-state index is -4.72. The zero-order valence-corrected chi connectivity index (χ0v) is 28.8. The van der Waals surface area contributed by atoms with Gasteiger partial charge in [0.2, 0.25) is 0 Å². The maximum absolute atomic E-state index is 12.2. The molecule has 0 amide bonds. The molecule has 2 N–H and O–H groups in total. The summed E-state index contributed by atoms with van der Waals surface area (Å²) in [4.78, 5) is 42.0. The fourth-order valence-electron chi connectivity index (χ4n) is 5.20. The van der Waals surface area contributed by atoms with Crippen LogP contribution in [0.2, 0.25) is 0 Å². The lowest BCUT2D eigenvalue weighted by atomic mass is 10.0. The fraction of sp³-hybridized carbons (Fsp3) is 0.941. The van der Waals surface area contributed by atoms with Crippen molar-refractivity contribution >= 4 is 19.8 Å². The molecule has 9 heteroatoms. The van der Waals surface area contributed by atoms with Crippen LogP contribution in [0.25, 0.3) is 0 Å². The van der Waals surface area contributed by atoms with Crippen molar-refractivity contribution in [3.05, 3.63) is 0 Å². The number of esters is 2. The van der Waals surface area contributed by atoms with Crippen LogP contribution in [-0.2, 0) is 28.2 Å². The van der Waals surface area contributed by atoms with Crippen molar-refractivity contribution in [3.8, 4) is 0 Å². The molecular formula is C34H67O8P. The van der Waals surface area contributed by atoms with Gasteiger partial charge >= 0.3 is 19.8 Å². The van der Waals surface area contributed by atoms with Crippen LogP contribution in [0.4, 0.5) is 0 Å². The Bertz CT molecular complexity index is 681. The van der Waals surface area contributed by atoms with Crippen LogP contribution in [0.3, 0.4) is 0 Å². The molecule has 0 aromatic carbocycles. The SMILES string of the molecule is CCCCCCCCCCCCCCCCCCCCCCCCC(=O)OC(COC(=O)CCCCC)COP(=O)(O)O. The van der Waals surface area contributed by atoms with Crippen molar-refractivity contribution in [1.82, 2.24) is 0 Å². The van der Waals surface area contributed by atoms with Gasteiger partial charge in [0.1, 0.15) is 6.61 Å². The van der Waals surface area contributed by atoms with E-state index in [1.807, 2.05) is 6.92 Å². The first-order valence-corrected chi connectivity index (χ1v) is 19.4. The molecule has 0 saturated carbocycles. The summed E-state index contributed by atoms with van der Waals surface area (Å²) in [5.41, 5.74) is 0. The van der Waals surface area contributed by atoms with Crippen molar-refractivity contribution in [1.29, 1.82) is 0 Å². The molecule has 0 aliphatic heterocycles. The van der Waals surface area contributed by atoms with Crippen molar-refractivity contribution in [2.75, 3.05) is 13.2 Å². The third kappa shape index (κ3) is 33.8. The number of rotatable bonds is 33. The van der Waals surface area contributed by atoms with Crippen molar-refractivity contribution in [2.24, 2.45) is 0 Å². The van der Waals surface area contributed by atoms with Gasteiger partial charge in [0.05, 0.1) is 6.61 Å². The predicted molar refractivity (Wildman–Crippen MR) is 175 cm³/mol. The standard InChI is InChI=1S/C34H67O8P/c1-3-5-7-8-9-10-11-12-13-14-15-16-17-18-19-20-21-22-23-24-25-27-29-34(36)42-32(31-41-43(37,38)39)30-40-33(35)28-26-6-4-2/h32H,3-31H2,1-2H3,(H2,37,38,39). The van der Waals surface area contributed by atoms with E-state index in [9.17, 15) is 14.2 Å². The zero-order valence-electron chi connectivity index (χ0n) is 27.9. The van der Waals surface area contributed by atoms with Gasteiger partial charge in [-0.1, -0.05) is 162 Å². The molecule has 43 heavy (non-hydrogen) atoms. The Hall–Kier alpha value is -0.950. The van der Waals surface area contributed by atoms with Crippen LogP contribution in [0.5, 0.6) is 0 Å². The highest BCUT2D eigenvalue weighted by atomic mass is 31.2. The van der Waals surface area contributed by atoms with Crippen LogP contribution < -0.4 is 0 Å². The molecule has 0 radical (unpaired) electrons. The second kappa shape index (κ2) is 31.0. The van der Waals surface area contributed by atoms with Crippen molar-refractivity contribution in [2.45, 2.75) is 193 Å². The molecule has 8 nitrogen and oxygen atoms in total. The summed E-state index contributed by atoms with van der Waals surface area (Å²) in [7, 11) is -4.72. The first-order valence-electron chi connectivity index (χ1n) is 17.8. The molecule has 0 aromatic heterocycles. The Morgan fingerprint density at radius 3 is 1.23 bits per heavy atom. The number of unbranched alkanes of at least 4 members (excludes halogenated alkanes) is 23. The van der Waals surface area contributed by atoms with Gasteiger partial charge in [-0.25, -0.2) is 4.57 Å². The molecule has 0 aromatic rings. The monoisotopic (exact) mass is 634 g/mol. The Morgan fingerprint density at radius 1 is 0.512 bits per heavy atom. The summed E-state index contributed by atoms with van der Waals surface area (Å²) in [5.74, 6) is -0.903. The normalized spacial score (nSPS) is 12.4. The van der Waals surface area contributed by atoms with Gasteiger partial charge in [-0.05, 0) is 12.8 Å². The molecule has 0 heterocycles. The number of carbonyl (C=O) groups excluding carboxylic acids is 2. The maximum atomic E-state index is 12.2. The summed E-state index contributed by atoms with van der Waals surface area (Å²) < 4.78 is 25.9. The van der Waals surface area contributed by atoms with E-state index in [1.165, 1.54) is 122 Å². The van der Waals surface area contributed by atoms with Gasteiger partial charge in [-0.15, -0.1) is 0 Å². The summed E-state index contributed by atoms with van der Waals surface area (Å²) in [5, 5.41) is 0. The lowest BCUT2D eigenvalue weighted by Gasteiger charge is -2.18. The van der Waals surface area contributed by atoms with E-state index in [2.05, 4.69) is 11.4 Å². The number of hydrogen-bond donors (Lipinski definition) is 2. The Balaban J connectivity index is 3.65. The quantitative estimate of drug-likeness (QED) is 0.0416. The van der Waals surface area contributed by atoms with Crippen LogP contribution >= 0.6 is 7.82 Å². The lowest BCUT2D eigenvalue weighted by molar-refractivity contribution is -0.161. The highest BCUT2D eigenvalue weighted by Crippen LogP contribution is 2.36. The molecule has 0 bridgehead atoms. The van der Waals surface area contributed by atoms with Gasteiger partial charge in [-0.3, -0.25) is 14.1 Å². The van der Waals surface area contributed by atoms with E-state index in [4.69, 9.17) is 19.3 Å². The van der Waals surface area contributed by atoms with Crippen LogP contribution in [0, 0.1) is 0 Å². The smallest absolute Gasteiger partial charge is 0.462 e. The van der Waals surface area contributed by atoms with E-state index in [1.54, 1.807) is 0 Å². The molecule has 0 saturated heterocycles. The Kier molecular flexibility index (Phi) is 30.4. The molecule has 1 atom stereocenters. The molecular weight excluding hydrogens is 567 g/mol. The Morgan fingerprint density at radius 2 is 0.837 bits per heavy atom. The number of ether oxygens (including phenoxy) is 2. The second-order valence-corrected chi connectivity index (χ2v) is 13.5. The first kappa shape index (κ1) is 42.0. The summed E-state index contributed by atoms with van der Waals surface area (Å²) in [6, 6.07) is 0. The predicted octanol–water partition coefficient (Wildman–Crippen LogP) is 10.1. The molecule has 0 fully saturated rings. The maximum Gasteiger partial charge on any atom is 0.469 e. The molecule has 0 aliphatic carbocycles. The number of phosphoric ester groups is 1. The Labute approximate surface area is 264 Å². The highest BCUT2D eigenvalue weighted by molar-refractivity contribution is 7.46. The third-order valence-electron chi connectivity index (χ3n) is 7.88. The largest absolute Gasteiger partial charge is 0.469 e. The second-order valence-electron chi connectivity index (χ2n) is 12.2. The van der Waals surface area contributed by atoms with Gasteiger partial charge < -0.3 is 19.3 Å². The van der Waals surface area contributed by atoms with E-state index in [0.29, 0.717) is 12.8 Å². The van der Waals surface area contributed by atoms with Gasteiger partial charge in [-0.2, -0.15) is 0 Å². The molecule has 0 spiro atoms. The van der Waals surface area contributed by atoms with E-state index in [0.717, 1.165) is 25.7 Å². The number of carbonyl (C=O) groups is 2. The van der Waals surface area contributed by atoms with Gasteiger partial charge in [0.15, 0.2) is 6.10 Å². The summed E-state index contributed by atoms with van der Waals surface area (Å²) in [6.45, 7) is 3.50. The average molecular weight is 635 g/mol. The first-order chi connectivity index (χ1) is 20.8. The van der Waals surface area contributed by atoms with Crippen LogP contribution in [-0.4, -0.2) is 41.0 Å².